The summed E-state index contributed by atoms with van der Waals surface area (Å²) in [6, 6.07) is 13.2. The number of benzene rings is 2. The van der Waals surface area contributed by atoms with Crippen molar-refractivity contribution in [2.24, 2.45) is 5.73 Å². The summed E-state index contributed by atoms with van der Waals surface area (Å²) in [4.78, 5) is 15.2. The smallest absolute Gasteiger partial charge is 0.189 e. The molecule has 0 unspecified atom stereocenters. The third-order valence-corrected chi connectivity index (χ3v) is 3.26. The maximum Gasteiger partial charge on any atom is 0.189 e. The van der Waals surface area contributed by atoms with E-state index in [0.717, 1.165) is 16.6 Å². The molecule has 0 fully saturated rings. The van der Waals surface area contributed by atoms with E-state index in [1.54, 1.807) is 12.1 Å². The van der Waals surface area contributed by atoms with E-state index in [2.05, 4.69) is 4.98 Å². The van der Waals surface area contributed by atoms with Gasteiger partial charge < -0.3 is 10.7 Å². The number of nitrogens with two attached hydrogens (primary N) is 1. The van der Waals surface area contributed by atoms with E-state index in [-0.39, 0.29) is 17.8 Å². The molecule has 0 amide bonds. The van der Waals surface area contributed by atoms with Gasteiger partial charge in [-0.1, -0.05) is 18.2 Å². The molecule has 20 heavy (non-hydrogen) atoms. The molecule has 0 saturated carbocycles. The van der Waals surface area contributed by atoms with Gasteiger partial charge in [-0.2, -0.15) is 0 Å². The molecular formula is C16H13FN2O. The van der Waals surface area contributed by atoms with Gasteiger partial charge in [0, 0.05) is 29.2 Å². The lowest BCUT2D eigenvalue weighted by Gasteiger charge is -2.06. The lowest BCUT2D eigenvalue weighted by molar-refractivity contribution is 0.628. The Kier molecular flexibility index (Phi) is 3.08. The molecule has 0 aliphatic carbocycles. The molecule has 0 radical (unpaired) electrons. The summed E-state index contributed by atoms with van der Waals surface area (Å²) in [6.45, 7) is 0.289. The lowest BCUT2D eigenvalue weighted by Crippen LogP contribution is -2.08. The molecule has 3 N–H and O–H groups in total. The topological polar surface area (TPSA) is 58.9 Å². The first-order chi connectivity index (χ1) is 9.67. The normalized spacial score (nSPS) is 10.9. The first kappa shape index (κ1) is 12.6. The predicted octanol–water partition coefficient (Wildman–Crippen LogP) is 2.79. The van der Waals surface area contributed by atoms with Crippen LogP contribution in [0.25, 0.3) is 22.0 Å². The summed E-state index contributed by atoms with van der Waals surface area (Å²) in [5.41, 5.74) is 8.43. The highest BCUT2D eigenvalue weighted by atomic mass is 19.1. The average molecular weight is 268 g/mol. The highest BCUT2D eigenvalue weighted by Crippen LogP contribution is 2.23. The molecule has 0 aliphatic heterocycles. The van der Waals surface area contributed by atoms with Crippen molar-refractivity contribution in [3.8, 4) is 11.1 Å². The van der Waals surface area contributed by atoms with Gasteiger partial charge in [0.1, 0.15) is 5.82 Å². The second kappa shape index (κ2) is 4.90. The van der Waals surface area contributed by atoms with Crippen molar-refractivity contribution >= 4 is 10.9 Å². The molecular weight excluding hydrogens is 255 g/mol. The number of nitrogens with one attached hydrogen (secondary N) is 1. The Morgan fingerprint density at radius 2 is 1.85 bits per heavy atom. The molecule has 0 spiro atoms. The zero-order chi connectivity index (χ0) is 14.1. The second-order valence-electron chi connectivity index (χ2n) is 4.63. The number of aromatic nitrogens is 1. The van der Waals surface area contributed by atoms with Gasteiger partial charge in [-0.15, -0.1) is 0 Å². The Morgan fingerprint density at radius 3 is 2.60 bits per heavy atom. The van der Waals surface area contributed by atoms with Gasteiger partial charge >= 0.3 is 0 Å². The molecule has 0 aliphatic rings. The molecule has 0 saturated heterocycles. The lowest BCUT2D eigenvalue weighted by atomic mass is 10.0. The van der Waals surface area contributed by atoms with E-state index in [4.69, 9.17) is 5.73 Å². The summed E-state index contributed by atoms with van der Waals surface area (Å²) >= 11 is 0. The van der Waals surface area contributed by atoms with Crippen LogP contribution in [0.3, 0.4) is 0 Å². The maximum absolute atomic E-state index is 13.3. The Hall–Kier alpha value is -2.46. The highest BCUT2D eigenvalue weighted by molar-refractivity contribution is 5.84. The average Bonchev–Trinajstić information content (AvgIpc) is 2.46. The molecule has 1 heterocycles. The van der Waals surface area contributed by atoms with Crippen LogP contribution in [-0.2, 0) is 6.54 Å². The van der Waals surface area contributed by atoms with Crippen LogP contribution < -0.4 is 11.2 Å². The number of H-pyrrole nitrogens is 1. The zero-order valence-corrected chi connectivity index (χ0v) is 10.7. The first-order valence-corrected chi connectivity index (χ1v) is 6.29. The van der Waals surface area contributed by atoms with E-state index < -0.39 is 0 Å². The van der Waals surface area contributed by atoms with Crippen molar-refractivity contribution < 1.29 is 4.39 Å². The minimum Gasteiger partial charge on any atom is -0.357 e. The Balaban J connectivity index is 2.21. The standard InChI is InChI=1S/C16H13FN2O/c17-12-3-1-2-10(6-12)11-4-5-15-14(7-11)16(20)8-13(9-18)19-15/h1-8H,9,18H2,(H,19,20). The quantitative estimate of drug-likeness (QED) is 0.750. The number of rotatable bonds is 2. The minimum atomic E-state index is -0.296. The van der Waals surface area contributed by atoms with Gasteiger partial charge in [0.15, 0.2) is 5.43 Å². The van der Waals surface area contributed by atoms with Crippen molar-refractivity contribution in [2.45, 2.75) is 6.54 Å². The van der Waals surface area contributed by atoms with E-state index >= 15 is 0 Å². The van der Waals surface area contributed by atoms with Crippen LogP contribution in [0.1, 0.15) is 5.69 Å². The first-order valence-electron chi connectivity index (χ1n) is 6.29. The SMILES string of the molecule is NCc1cc(=O)c2cc(-c3cccc(F)c3)ccc2[nH]1. The number of halogens is 1. The van der Waals surface area contributed by atoms with E-state index in [0.29, 0.717) is 11.1 Å². The molecule has 3 rings (SSSR count). The van der Waals surface area contributed by atoms with Gasteiger partial charge in [-0.25, -0.2) is 4.39 Å². The fourth-order valence-corrected chi connectivity index (χ4v) is 2.26. The largest absolute Gasteiger partial charge is 0.357 e. The van der Waals surface area contributed by atoms with E-state index in [1.165, 1.54) is 18.2 Å². The third kappa shape index (κ3) is 2.21. The van der Waals surface area contributed by atoms with Crippen LogP contribution in [0.15, 0.2) is 53.3 Å². The molecule has 3 aromatic rings. The minimum absolute atomic E-state index is 0.0857. The number of hydrogen-bond acceptors (Lipinski definition) is 2. The number of pyridine rings is 1. The Labute approximate surface area is 114 Å². The van der Waals surface area contributed by atoms with Crippen molar-refractivity contribution in [2.75, 3.05) is 0 Å². The van der Waals surface area contributed by atoms with Crippen molar-refractivity contribution in [1.29, 1.82) is 0 Å². The van der Waals surface area contributed by atoms with Crippen molar-refractivity contribution in [3.05, 3.63) is 70.3 Å². The maximum atomic E-state index is 13.3. The van der Waals surface area contributed by atoms with Gasteiger partial charge in [-0.3, -0.25) is 4.79 Å². The monoisotopic (exact) mass is 268 g/mol. The summed E-state index contributed by atoms with van der Waals surface area (Å²) in [5.74, 6) is -0.296. The fourth-order valence-electron chi connectivity index (χ4n) is 2.26. The molecule has 0 atom stereocenters. The van der Waals surface area contributed by atoms with E-state index in [9.17, 15) is 9.18 Å². The molecule has 4 heteroatoms. The summed E-state index contributed by atoms with van der Waals surface area (Å²) in [6.07, 6.45) is 0. The summed E-state index contributed by atoms with van der Waals surface area (Å²) < 4.78 is 13.3. The van der Waals surface area contributed by atoms with Gasteiger partial charge in [-0.05, 0) is 35.4 Å². The van der Waals surface area contributed by atoms with Gasteiger partial charge in [0.25, 0.3) is 0 Å². The van der Waals surface area contributed by atoms with Crippen molar-refractivity contribution in [1.82, 2.24) is 4.98 Å². The van der Waals surface area contributed by atoms with Crippen LogP contribution in [0.4, 0.5) is 4.39 Å². The van der Waals surface area contributed by atoms with Crippen LogP contribution in [-0.4, -0.2) is 4.98 Å². The molecule has 100 valence electrons. The molecule has 0 bridgehead atoms. The van der Waals surface area contributed by atoms with E-state index in [1.807, 2.05) is 18.2 Å². The number of hydrogen-bond donors (Lipinski definition) is 2. The van der Waals surface area contributed by atoms with Crippen LogP contribution in [0, 0.1) is 5.82 Å². The zero-order valence-electron chi connectivity index (χ0n) is 10.7. The second-order valence-corrected chi connectivity index (χ2v) is 4.63. The van der Waals surface area contributed by atoms with Crippen LogP contribution in [0.2, 0.25) is 0 Å². The summed E-state index contributed by atoms with van der Waals surface area (Å²) in [7, 11) is 0. The third-order valence-electron chi connectivity index (χ3n) is 3.26. The van der Waals surface area contributed by atoms with Gasteiger partial charge in [0.2, 0.25) is 0 Å². The molecule has 1 aromatic heterocycles. The van der Waals surface area contributed by atoms with Gasteiger partial charge in [0.05, 0.1) is 0 Å². The Bertz CT molecular complexity index is 839. The van der Waals surface area contributed by atoms with Crippen LogP contribution in [0.5, 0.6) is 0 Å². The highest BCUT2D eigenvalue weighted by Gasteiger charge is 2.05. The number of aromatic amines is 1. The summed E-state index contributed by atoms with van der Waals surface area (Å²) in [5, 5.41) is 0.573. The molecule has 2 aromatic carbocycles. The fraction of sp³-hybridized carbons (Fsp3) is 0.0625. The van der Waals surface area contributed by atoms with Crippen molar-refractivity contribution in [3.63, 3.8) is 0 Å². The number of fused-ring (bicyclic) bond motifs is 1. The van der Waals surface area contributed by atoms with Crippen LogP contribution >= 0.6 is 0 Å². The molecule has 3 nitrogen and oxygen atoms in total. The Morgan fingerprint density at radius 1 is 1.05 bits per heavy atom. The predicted molar refractivity (Wildman–Crippen MR) is 77.9 cm³/mol.